The molecule has 0 amide bonds. The number of carboxylic acids is 1. The third kappa shape index (κ3) is 7.18. The van der Waals surface area contributed by atoms with Crippen molar-refractivity contribution in [2.24, 2.45) is 0 Å². The number of rotatable bonds is 13. The molecule has 200 valence electrons. The predicted octanol–water partition coefficient (Wildman–Crippen LogP) is 4.79. The molecule has 0 fully saturated rings. The van der Waals surface area contributed by atoms with Crippen LogP contribution in [0.1, 0.15) is 60.2 Å². The Kier molecular flexibility index (Phi) is 9.83. The summed E-state index contributed by atoms with van der Waals surface area (Å²) in [5.74, 6) is 0.556. The van der Waals surface area contributed by atoms with Crippen molar-refractivity contribution in [1.29, 1.82) is 0 Å². The fourth-order valence-electron chi connectivity index (χ4n) is 4.24. The van der Waals surface area contributed by atoms with E-state index in [1.807, 2.05) is 33.2 Å². The summed E-state index contributed by atoms with van der Waals surface area (Å²) in [5.41, 5.74) is 3.01. The highest BCUT2D eigenvalue weighted by Gasteiger charge is 2.28. The standard InChI is InChI=1S/C29H37NO7/c1-5-8-21-25(11-9-20-10-12-26(29(33)34)37-28(20)21)35-15-7-16-36-27-18-24(32)22(17-19(27)6-2)23(31)13-14-30(3)4/h9,11,13-14,17-18,26,32H,5-8,10,12,15-16H2,1-4H3,(H,33,34)/b14-13-. The molecule has 1 aliphatic heterocycles. The molecule has 2 aromatic rings. The minimum Gasteiger partial charge on any atom is -0.507 e. The van der Waals surface area contributed by atoms with E-state index in [2.05, 4.69) is 6.92 Å². The number of aromatic hydroxyl groups is 1. The van der Waals surface area contributed by atoms with E-state index in [0.29, 0.717) is 56.1 Å². The third-order valence-corrected chi connectivity index (χ3v) is 6.16. The van der Waals surface area contributed by atoms with E-state index in [9.17, 15) is 19.8 Å². The molecule has 0 saturated carbocycles. The quantitative estimate of drug-likeness (QED) is 0.225. The van der Waals surface area contributed by atoms with Gasteiger partial charge in [-0.15, -0.1) is 0 Å². The highest BCUT2D eigenvalue weighted by Crippen LogP contribution is 2.38. The highest BCUT2D eigenvalue weighted by atomic mass is 16.5. The lowest BCUT2D eigenvalue weighted by molar-refractivity contribution is -0.145. The first-order chi connectivity index (χ1) is 17.7. The lowest BCUT2D eigenvalue weighted by Gasteiger charge is -2.26. The van der Waals surface area contributed by atoms with E-state index >= 15 is 0 Å². The lowest BCUT2D eigenvalue weighted by Crippen LogP contribution is -2.31. The molecule has 37 heavy (non-hydrogen) atoms. The topological polar surface area (TPSA) is 106 Å². The third-order valence-electron chi connectivity index (χ3n) is 6.16. The zero-order valence-corrected chi connectivity index (χ0v) is 22.1. The molecule has 8 heteroatoms. The summed E-state index contributed by atoms with van der Waals surface area (Å²) >= 11 is 0. The Hall–Kier alpha value is -3.68. The van der Waals surface area contributed by atoms with Crippen LogP contribution in [0.5, 0.6) is 23.0 Å². The summed E-state index contributed by atoms with van der Waals surface area (Å²) in [7, 11) is 3.64. The molecule has 0 bridgehead atoms. The number of nitrogens with zero attached hydrogens (tertiary/aromatic N) is 1. The van der Waals surface area contributed by atoms with Crippen LogP contribution in [0.4, 0.5) is 0 Å². The maximum atomic E-state index is 12.4. The summed E-state index contributed by atoms with van der Waals surface area (Å²) in [5, 5.41) is 19.8. The maximum absolute atomic E-state index is 12.4. The summed E-state index contributed by atoms with van der Waals surface area (Å²) in [6, 6.07) is 7.06. The van der Waals surface area contributed by atoms with Gasteiger partial charge < -0.3 is 29.3 Å². The molecule has 0 aliphatic carbocycles. The van der Waals surface area contributed by atoms with Crippen molar-refractivity contribution in [2.45, 2.75) is 58.5 Å². The number of fused-ring (bicyclic) bond motifs is 1. The number of allylic oxidation sites excluding steroid dienone is 1. The van der Waals surface area contributed by atoms with E-state index < -0.39 is 12.1 Å². The minimum atomic E-state index is -0.948. The average Bonchev–Trinajstić information content (AvgIpc) is 2.87. The second-order valence-electron chi connectivity index (χ2n) is 9.29. The van der Waals surface area contributed by atoms with Crippen LogP contribution >= 0.6 is 0 Å². The fourth-order valence-corrected chi connectivity index (χ4v) is 4.24. The van der Waals surface area contributed by atoms with Crippen LogP contribution in [0.2, 0.25) is 0 Å². The number of aliphatic carboxylic acids is 1. The molecule has 1 aliphatic rings. The number of carboxylic acid groups (broad SMARTS) is 1. The van der Waals surface area contributed by atoms with Gasteiger partial charge in [0, 0.05) is 44.4 Å². The van der Waals surface area contributed by atoms with E-state index in [1.165, 1.54) is 12.1 Å². The van der Waals surface area contributed by atoms with Gasteiger partial charge in [0.15, 0.2) is 11.9 Å². The smallest absolute Gasteiger partial charge is 0.344 e. The number of hydrogen-bond acceptors (Lipinski definition) is 7. The van der Waals surface area contributed by atoms with Crippen LogP contribution in [-0.2, 0) is 24.1 Å². The Bertz CT molecular complexity index is 1140. The lowest BCUT2D eigenvalue weighted by atomic mass is 9.96. The van der Waals surface area contributed by atoms with Crippen molar-refractivity contribution in [3.05, 3.63) is 58.8 Å². The Morgan fingerprint density at radius 3 is 2.51 bits per heavy atom. The fraction of sp³-hybridized carbons (Fsp3) is 0.448. The number of ketones is 1. The van der Waals surface area contributed by atoms with Crippen LogP contribution in [0.15, 0.2) is 36.5 Å². The van der Waals surface area contributed by atoms with Gasteiger partial charge in [-0.05, 0) is 48.9 Å². The molecule has 2 aromatic carbocycles. The monoisotopic (exact) mass is 511 g/mol. The second-order valence-corrected chi connectivity index (χ2v) is 9.29. The van der Waals surface area contributed by atoms with Crippen LogP contribution in [0.3, 0.4) is 0 Å². The van der Waals surface area contributed by atoms with Crippen LogP contribution in [0.25, 0.3) is 0 Å². The van der Waals surface area contributed by atoms with Gasteiger partial charge in [0.05, 0.1) is 18.8 Å². The van der Waals surface area contributed by atoms with Gasteiger partial charge >= 0.3 is 5.97 Å². The summed E-state index contributed by atoms with van der Waals surface area (Å²) in [6.07, 6.45) is 6.22. The Morgan fingerprint density at radius 2 is 1.86 bits per heavy atom. The van der Waals surface area contributed by atoms with Crippen molar-refractivity contribution >= 4 is 11.8 Å². The van der Waals surface area contributed by atoms with E-state index in [4.69, 9.17) is 14.2 Å². The van der Waals surface area contributed by atoms with Gasteiger partial charge in [0.25, 0.3) is 0 Å². The molecule has 0 radical (unpaired) electrons. The second kappa shape index (κ2) is 13.0. The average molecular weight is 512 g/mol. The summed E-state index contributed by atoms with van der Waals surface area (Å²) in [6.45, 7) is 4.80. The van der Waals surface area contributed by atoms with E-state index in [-0.39, 0.29) is 17.1 Å². The minimum absolute atomic E-state index is 0.116. The number of phenols is 1. The normalized spacial score (nSPS) is 14.6. The largest absolute Gasteiger partial charge is 0.507 e. The maximum Gasteiger partial charge on any atom is 0.344 e. The Balaban J connectivity index is 1.62. The Morgan fingerprint density at radius 1 is 1.14 bits per heavy atom. The van der Waals surface area contributed by atoms with Crippen molar-refractivity contribution < 1.29 is 34.0 Å². The van der Waals surface area contributed by atoms with E-state index in [0.717, 1.165) is 29.5 Å². The molecule has 1 heterocycles. The highest BCUT2D eigenvalue weighted by molar-refractivity contribution is 6.06. The molecule has 3 rings (SSSR count). The van der Waals surface area contributed by atoms with Gasteiger partial charge in [-0.1, -0.05) is 26.3 Å². The van der Waals surface area contributed by atoms with Crippen LogP contribution in [-0.4, -0.2) is 60.3 Å². The van der Waals surface area contributed by atoms with Gasteiger partial charge in [-0.3, -0.25) is 4.79 Å². The molecule has 8 nitrogen and oxygen atoms in total. The molecule has 1 atom stereocenters. The van der Waals surface area contributed by atoms with Crippen molar-refractivity contribution in [2.75, 3.05) is 27.3 Å². The molecular formula is C29H37NO7. The van der Waals surface area contributed by atoms with Gasteiger partial charge in [-0.2, -0.15) is 0 Å². The molecule has 0 saturated heterocycles. The number of phenolic OH excluding ortho intramolecular Hbond substituents is 1. The van der Waals surface area contributed by atoms with Gasteiger partial charge in [0.1, 0.15) is 23.0 Å². The first kappa shape index (κ1) is 27.9. The zero-order chi connectivity index (χ0) is 26.9. The molecule has 0 aromatic heterocycles. The Labute approximate surface area is 218 Å². The van der Waals surface area contributed by atoms with Crippen LogP contribution < -0.4 is 14.2 Å². The zero-order valence-electron chi connectivity index (χ0n) is 22.1. The summed E-state index contributed by atoms with van der Waals surface area (Å²) < 4.78 is 17.8. The first-order valence-corrected chi connectivity index (χ1v) is 12.8. The predicted molar refractivity (Wildman–Crippen MR) is 141 cm³/mol. The molecule has 1 unspecified atom stereocenters. The van der Waals surface area contributed by atoms with Crippen molar-refractivity contribution in [3.63, 3.8) is 0 Å². The van der Waals surface area contributed by atoms with E-state index in [1.54, 1.807) is 17.2 Å². The van der Waals surface area contributed by atoms with Crippen LogP contribution in [0, 0.1) is 0 Å². The number of aryl methyl sites for hydroxylation is 2. The SMILES string of the molecule is CCCc1c(OCCCOc2cc(O)c(C(=O)/C=C\N(C)C)cc2CC)ccc2c1OC(C(=O)O)CC2. The molecular weight excluding hydrogens is 474 g/mol. The number of hydrogen-bond donors (Lipinski definition) is 2. The first-order valence-electron chi connectivity index (χ1n) is 12.8. The molecule has 0 spiro atoms. The van der Waals surface area contributed by atoms with Crippen molar-refractivity contribution in [3.8, 4) is 23.0 Å². The van der Waals surface area contributed by atoms with Crippen molar-refractivity contribution in [1.82, 2.24) is 4.90 Å². The van der Waals surface area contributed by atoms with Gasteiger partial charge in [-0.25, -0.2) is 4.79 Å². The number of ether oxygens (including phenoxy) is 3. The number of carbonyl (C=O) groups excluding carboxylic acids is 1. The number of benzene rings is 2. The molecule has 2 N–H and O–H groups in total. The van der Waals surface area contributed by atoms with Gasteiger partial charge in [0.2, 0.25) is 0 Å². The number of carbonyl (C=O) groups is 2. The summed E-state index contributed by atoms with van der Waals surface area (Å²) in [4.78, 5) is 25.6.